The van der Waals surface area contributed by atoms with Gasteiger partial charge in [0.15, 0.2) is 0 Å². The van der Waals surface area contributed by atoms with Gasteiger partial charge in [0.1, 0.15) is 17.6 Å². The van der Waals surface area contributed by atoms with Gasteiger partial charge in [-0.25, -0.2) is 4.68 Å². The highest BCUT2D eigenvalue weighted by Gasteiger charge is 2.41. The molecule has 4 aromatic rings. The van der Waals surface area contributed by atoms with Gasteiger partial charge in [-0.1, -0.05) is 30.3 Å². The van der Waals surface area contributed by atoms with Gasteiger partial charge in [0.05, 0.1) is 18.7 Å². The highest BCUT2D eigenvalue weighted by atomic mass is 16.5. The van der Waals surface area contributed by atoms with E-state index in [4.69, 9.17) is 4.74 Å². The van der Waals surface area contributed by atoms with E-state index >= 15 is 0 Å². The first-order valence-corrected chi connectivity index (χ1v) is 13.2. The number of aromatic nitrogens is 4. The molecule has 0 radical (unpaired) electrons. The lowest BCUT2D eigenvalue weighted by atomic mass is 9.93. The molecule has 2 aromatic carbocycles. The zero-order valence-electron chi connectivity index (χ0n) is 22.3. The van der Waals surface area contributed by atoms with E-state index in [0.717, 1.165) is 29.9 Å². The molecule has 0 bridgehead atoms. The largest absolute Gasteiger partial charge is 0.378 e. The number of pyridine rings is 1. The van der Waals surface area contributed by atoms with E-state index in [0.29, 0.717) is 30.8 Å². The number of para-hydroxylation sites is 1. The lowest BCUT2D eigenvalue weighted by Gasteiger charge is -2.39. The third kappa shape index (κ3) is 5.75. The first-order chi connectivity index (χ1) is 19.0. The monoisotopic (exact) mass is 527 g/mol. The van der Waals surface area contributed by atoms with Crippen molar-refractivity contribution in [3.8, 4) is 0 Å². The van der Waals surface area contributed by atoms with E-state index in [1.807, 2.05) is 67.6 Å². The summed E-state index contributed by atoms with van der Waals surface area (Å²) < 4.78 is 7.02. The number of ether oxygens (including phenoxy) is 1. The summed E-state index contributed by atoms with van der Waals surface area (Å²) in [5, 5.41) is 11.4. The van der Waals surface area contributed by atoms with Crippen LogP contribution in [0.2, 0.25) is 0 Å². The van der Waals surface area contributed by atoms with Crippen molar-refractivity contribution in [3.63, 3.8) is 0 Å². The predicted molar refractivity (Wildman–Crippen MR) is 149 cm³/mol. The number of hydrogen-bond acceptors (Lipinski definition) is 7. The van der Waals surface area contributed by atoms with Crippen molar-refractivity contribution >= 4 is 34.2 Å². The minimum atomic E-state index is -1.13. The van der Waals surface area contributed by atoms with Crippen LogP contribution >= 0.6 is 0 Å². The molecule has 0 saturated carbocycles. The smallest absolute Gasteiger partial charge is 0.250 e. The highest BCUT2D eigenvalue weighted by molar-refractivity contribution is 6.00. The first kappa shape index (κ1) is 26.3. The highest BCUT2D eigenvalue weighted by Crippen LogP contribution is 2.27. The normalized spacial score (nSPS) is 15.1. The van der Waals surface area contributed by atoms with Gasteiger partial charge in [-0.05, 0) is 61.4 Å². The van der Waals surface area contributed by atoms with Gasteiger partial charge in [-0.15, -0.1) is 5.10 Å². The second-order valence-electron chi connectivity index (χ2n) is 9.80. The Morgan fingerprint density at radius 3 is 2.54 bits per heavy atom. The predicted octanol–water partition coefficient (Wildman–Crippen LogP) is 3.50. The van der Waals surface area contributed by atoms with Crippen LogP contribution in [0.5, 0.6) is 0 Å². The topological polar surface area (TPSA) is 105 Å². The van der Waals surface area contributed by atoms with Crippen molar-refractivity contribution < 1.29 is 14.3 Å². The Bertz CT molecular complexity index is 1420. The van der Waals surface area contributed by atoms with E-state index < -0.39 is 5.54 Å². The molecular weight excluding hydrogens is 494 g/mol. The Labute approximate surface area is 227 Å². The summed E-state index contributed by atoms with van der Waals surface area (Å²) in [5.41, 5.74) is 2.93. The molecule has 1 aliphatic heterocycles. The SMILES string of the molecule is CC[C@@](C)(C(=O)Nc1ccc(N2CCOCC2)cc1)N(Cc1cccnc1)C(=O)Cn1nnc2ccccc21. The number of carbonyl (C=O) groups excluding carboxylic acids is 2. The summed E-state index contributed by atoms with van der Waals surface area (Å²) in [6.07, 6.45) is 3.81. The van der Waals surface area contributed by atoms with Gasteiger partial charge >= 0.3 is 0 Å². The summed E-state index contributed by atoms with van der Waals surface area (Å²) in [6.45, 7) is 6.99. The number of morpholine rings is 1. The van der Waals surface area contributed by atoms with Crippen LogP contribution in [-0.2, 0) is 27.4 Å². The summed E-state index contributed by atoms with van der Waals surface area (Å²) in [7, 11) is 0. The Balaban J connectivity index is 1.38. The van der Waals surface area contributed by atoms with E-state index in [1.54, 1.807) is 28.9 Å². The average molecular weight is 528 g/mol. The molecule has 10 nitrogen and oxygen atoms in total. The van der Waals surface area contributed by atoms with Crippen molar-refractivity contribution in [3.05, 3.63) is 78.6 Å². The molecular formula is C29H33N7O3. The number of rotatable bonds is 9. The molecule has 1 fully saturated rings. The number of anilines is 2. The zero-order valence-corrected chi connectivity index (χ0v) is 22.3. The fraction of sp³-hybridized carbons (Fsp3) is 0.345. The second-order valence-corrected chi connectivity index (χ2v) is 9.80. The summed E-state index contributed by atoms with van der Waals surface area (Å²) >= 11 is 0. The summed E-state index contributed by atoms with van der Waals surface area (Å²) in [4.78, 5) is 35.8. The van der Waals surface area contributed by atoms with E-state index in [9.17, 15) is 9.59 Å². The molecule has 0 spiro atoms. The Morgan fingerprint density at radius 2 is 1.82 bits per heavy atom. The molecule has 202 valence electrons. The Morgan fingerprint density at radius 1 is 1.05 bits per heavy atom. The van der Waals surface area contributed by atoms with Gasteiger partial charge in [0, 0.05) is 43.4 Å². The number of benzene rings is 2. The maximum atomic E-state index is 13.9. The molecule has 3 heterocycles. The lowest BCUT2D eigenvalue weighted by molar-refractivity contribution is -0.146. The van der Waals surface area contributed by atoms with Crippen LogP contribution in [0, 0.1) is 0 Å². The minimum absolute atomic E-state index is 0.0438. The third-order valence-corrected chi connectivity index (χ3v) is 7.34. The minimum Gasteiger partial charge on any atom is -0.378 e. The molecule has 0 aliphatic carbocycles. The fourth-order valence-electron chi connectivity index (χ4n) is 4.78. The summed E-state index contributed by atoms with van der Waals surface area (Å²) in [6, 6.07) is 19.0. The van der Waals surface area contributed by atoms with Crippen molar-refractivity contribution in [2.45, 2.75) is 38.9 Å². The van der Waals surface area contributed by atoms with Gasteiger partial charge in [0.2, 0.25) is 11.8 Å². The molecule has 0 unspecified atom stereocenters. The number of nitrogens with zero attached hydrogens (tertiary/aromatic N) is 6. The fourth-order valence-corrected chi connectivity index (χ4v) is 4.78. The van der Waals surface area contributed by atoms with Gasteiger partial charge in [0.25, 0.3) is 0 Å². The number of fused-ring (bicyclic) bond motifs is 1. The first-order valence-electron chi connectivity index (χ1n) is 13.2. The van der Waals surface area contributed by atoms with Crippen molar-refractivity contribution in [1.82, 2.24) is 24.9 Å². The Kier molecular flexibility index (Phi) is 7.83. The van der Waals surface area contributed by atoms with E-state index in [-0.39, 0.29) is 24.9 Å². The standard InChI is InChI=1S/C29H33N7O3/c1-3-29(2,28(38)31-23-10-12-24(13-11-23)34-15-17-39-18-16-34)35(20-22-7-6-14-30-19-22)27(37)21-36-26-9-5-4-8-25(26)32-33-36/h4-14,19H,3,15-18,20-21H2,1-2H3,(H,31,38)/t29-/m0/s1. The maximum Gasteiger partial charge on any atom is 0.250 e. The maximum absolute atomic E-state index is 13.9. The van der Waals surface area contributed by atoms with Gasteiger partial charge in [-0.2, -0.15) is 0 Å². The number of carbonyl (C=O) groups is 2. The molecule has 5 rings (SSSR count). The summed E-state index contributed by atoms with van der Waals surface area (Å²) in [5.74, 6) is -0.499. The van der Waals surface area contributed by atoms with Crippen LogP contribution in [0.15, 0.2) is 73.1 Å². The molecule has 39 heavy (non-hydrogen) atoms. The third-order valence-electron chi connectivity index (χ3n) is 7.34. The van der Waals surface area contributed by atoms with Crippen LogP contribution in [0.1, 0.15) is 25.8 Å². The van der Waals surface area contributed by atoms with Crippen molar-refractivity contribution in [2.75, 3.05) is 36.5 Å². The van der Waals surface area contributed by atoms with Crippen LogP contribution in [0.4, 0.5) is 11.4 Å². The molecule has 1 saturated heterocycles. The molecule has 1 N–H and O–H groups in total. The molecule has 1 atom stereocenters. The van der Waals surface area contributed by atoms with Crippen molar-refractivity contribution in [1.29, 1.82) is 0 Å². The molecule has 2 amide bonds. The zero-order chi connectivity index (χ0) is 27.2. The molecule has 2 aromatic heterocycles. The van der Waals surface area contributed by atoms with Crippen LogP contribution < -0.4 is 10.2 Å². The van der Waals surface area contributed by atoms with Crippen LogP contribution in [0.3, 0.4) is 0 Å². The Hall–Kier alpha value is -4.31. The number of nitrogens with one attached hydrogen (secondary N) is 1. The van der Waals surface area contributed by atoms with Crippen molar-refractivity contribution in [2.24, 2.45) is 0 Å². The lowest BCUT2D eigenvalue weighted by Crippen LogP contribution is -2.57. The van der Waals surface area contributed by atoms with E-state index in [1.165, 1.54) is 0 Å². The molecule has 10 heteroatoms. The van der Waals surface area contributed by atoms with Gasteiger partial charge < -0.3 is 19.9 Å². The van der Waals surface area contributed by atoms with Crippen LogP contribution in [-0.4, -0.2) is 68.5 Å². The number of amides is 2. The van der Waals surface area contributed by atoms with Crippen LogP contribution in [0.25, 0.3) is 11.0 Å². The second kappa shape index (κ2) is 11.6. The number of hydrogen-bond donors (Lipinski definition) is 1. The van der Waals surface area contributed by atoms with Gasteiger partial charge in [-0.3, -0.25) is 14.6 Å². The average Bonchev–Trinajstić information content (AvgIpc) is 3.39. The quantitative estimate of drug-likeness (QED) is 0.355. The molecule has 1 aliphatic rings. The van der Waals surface area contributed by atoms with E-state index in [2.05, 4.69) is 25.5 Å².